The summed E-state index contributed by atoms with van der Waals surface area (Å²) in [6, 6.07) is 18.9. The third-order valence-electron chi connectivity index (χ3n) is 6.97. The van der Waals surface area contributed by atoms with Gasteiger partial charge in [0.15, 0.2) is 5.60 Å². The van der Waals surface area contributed by atoms with Gasteiger partial charge in [0.2, 0.25) is 10.0 Å². The number of hydrogen-bond acceptors (Lipinski definition) is 5. The van der Waals surface area contributed by atoms with Crippen LogP contribution in [0.5, 0.6) is 0 Å². The van der Waals surface area contributed by atoms with Crippen molar-refractivity contribution >= 4 is 38.9 Å². The second kappa shape index (κ2) is 9.68. The molecule has 0 aliphatic carbocycles. The Morgan fingerprint density at radius 1 is 0.974 bits per heavy atom. The first-order chi connectivity index (χ1) is 17.9. The molecule has 0 radical (unpaired) electrons. The third-order valence-corrected chi connectivity index (χ3v) is 8.98. The number of carbonyl (C=O) groups excluding carboxylic acids is 1. The normalized spacial score (nSPS) is 19.8. The monoisotopic (exact) mass is 553 g/mol. The average molecular weight is 554 g/mol. The Balaban J connectivity index is 1.46. The highest BCUT2D eigenvalue weighted by atomic mass is 35.5. The summed E-state index contributed by atoms with van der Waals surface area (Å²) in [6.45, 7) is 7.64. The first-order valence-corrected chi connectivity index (χ1v) is 14.6. The Hall–Kier alpha value is -2.91. The van der Waals surface area contributed by atoms with Gasteiger partial charge in [-0.1, -0.05) is 41.9 Å². The molecule has 1 fully saturated rings. The predicted molar refractivity (Wildman–Crippen MR) is 150 cm³/mol. The van der Waals surface area contributed by atoms with Crippen LogP contribution in [0, 0.1) is 0 Å². The number of benzene rings is 3. The van der Waals surface area contributed by atoms with Gasteiger partial charge in [-0.3, -0.25) is 4.79 Å². The van der Waals surface area contributed by atoms with E-state index in [4.69, 9.17) is 11.6 Å². The summed E-state index contributed by atoms with van der Waals surface area (Å²) in [4.78, 5) is 17.8. The fourth-order valence-electron chi connectivity index (χ4n) is 5.20. The van der Waals surface area contributed by atoms with Crippen molar-refractivity contribution in [1.29, 1.82) is 0 Å². The molecule has 0 aromatic heterocycles. The van der Waals surface area contributed by atoms with E-state index in [1.165, 1.54) is 42.0 Å². The first-order valence-electron chi connectivity index (χ1n) is 12.7. The topological polar surface area (TPSA) is 89.9 Å². The van der Waals surface area contributed by atoms with E-state index >= 15 is 0 Å². The zero-order valence-corrected chi connectivity index (χ0v) is 23.3. The highest BCUT2D eigenvalue weighted by molar-refractivity contribution is 7.89. The van der Waals surface area contributed by atoms with Crippen molar-refractivity contribution in [2.24, 2.45) is 0 Å². The molecule has 7 nitrogen and oxygen atoms in total. The van der Waals surface area contributed by atoms with Gasteiger partial charge < -0.3 is 14.9 Å². The summed E-state index contributed by atoms with van der Waals surface area (Å²) in [5.74, 6) is -0.512. The standard InChI is InChI=1S/C29H32ClN3O4S/c1-28(2,3)31-38(36,37)24-13-8-21(9-14-24)29(35)25-15-10-22(30)18-26(25)33(27(29)34)19-20-6-11-23(12-7-20)32-16-4-5-17-32/h6-15,18,31,35H,4-5,16-17,19H2,1-3H3. The first kappa shape index (κ1) is 26.7. The van der Waals surface area contributed by atoms with Gasteiger partial charge >= 0.3 is 0 Å². The number of sulfonamides is 1. The lowest BCUT2D eigenvalue weighted by atomic mass is 9.87. The largest absolute Gasteiger partial charge is 0.372 e. The molecule has 1 unspecified atom stereocenters. The van der Waals surface area contributed by atoms with Crippen molar-refractivity contribution in [2.75, 3.05) is 22.9 Å². The summed E-state index contributed by atoms with van der Waals surface area (Å²) in [5.41, 5.74) is 0.676. The maximum Gasteiger partial charge on any atom is 0.268 e. The number of aliphatic hydroxyl groups is 1. The van der Waals surface area contributed by atoms with Crippen molar-refractivity contribution in [2.45, 2.75) is 56.2 Å². The molecule has 0 saturated carbocycles. The van der Waals surface area contributed by atoms with Crippen LogP contribution < -0.4 is 14.5 Å². The van der Waals surface area contributed by atoms with Crippen molar-refractivity contribution in [3.05, 3.63) is 88.4 Å². The van der Waals surface area contributed by atoms with Crippen LogP contribution in [-0.4, -0.2) is 38.1 Å². The molecule has 1 amide bonds. The number of anilines is 2. The minimum absolute atomic E-state index is 0.0523. The predicted octanol–water partition coefficient (Wildman–Crippen LogP) is 4.80. The summed E-state index contributed by atoms with van der Waals surface area (Å²) < 4.78 is 28.1. The van der Waals surface area contributed by atoms with Gasteiger partial charge in [-0.15, -0.1) is 0 Å². The number of carbonyl (C=O) groups is 1. The van der Waals surface area contributed by atoms with Crippen LogP contribution >= 0.6 is 11.6 Å². The lowest BCUT2D eigenvalue weighted by Gasteiger charge is -2.25. The van der Waals surface area contributed by atoms with Gasteiger partial charge in [0, 0.05) is 34.9 Å². The summed E-state index contributed by atoms with van der Waals surface area (Å²) in [6.07, 6.45) is 2.39. The molecule has 5 rings (SSSR count). The Kier molecular flexibility index (Phi) is 6.80. The SMILES string of the molecule is CC(C)(C)NS(=O)(=O)c1ccc(C2(O)C(=O)N(Cc3ccc(N4CCCC4)cc3)c3cc(Cl)ccc32)cc1. The lowest BCUT2D eigenvalue weighted by Crippen LogP contribution is -2.41. The summed E-state index contributed by atoms with van der Waals surface area (Å²) in [5, 5.41) is 12.3. The highest BCUT2D eigenvalue weighted by Gasteiger charge is 2.51. The fourth-order valence-corrected chi connectivity index (χ4v) is 6.78. The van der Waals surface area contributed by atoms with Crippen molar-refractivity contribution < 1.29 is 18.3 Å². The molecule has 1 saturated heterocycles. The van der Waals surface area contributed by atoms with Crippen LogP contribution in [0.1, 0.15) is 50.3 Å². The van der Waals surface area contributed by atoms with Gasteiger partial charge in [0.1, 0.15) is 0 Å². The van der Waals surface area contributed by atoms with Gasteiger partial charge in [0.25, 0.3) is 5.91 Å². The number of amides is 1. The van der Waals surface area contributed by atoms with E-state index in [1.54, 1.807) is 39.0 Å². The zero-order valence-electron chi connectivity index (χ0n) is 21.7. The molecule has 3 aromatic rings. The fraction of sp³-hybridized carbons (Fsp3) is 0.345. The number of fused-ring (bicyclic) bond motifs is 1. The minimum Gasteiger partial charge on any atom is -0.372 e. The molecule has 38 heavy (non-hydrogen) atoms. The van der Waals surface area contributed by atoms with E-state index in [0.29, 0.717) is 16.3 Å². The molecule has 2 aliphatic rings. The maximum absolute atomic E-state index is 13.8. The van der Waals surface area contributed by atoms with E-state index in [1.807, 2.05) is 12.1 Å². The average Bonchev–Trinajstić information content (AvgIpc) is 3.46. The molecule has 1 atom stereocenters. The Morgan fingerprint density at radius 3 is 2.21 bits per heavy atom. The Bertz CT molecular complexity index is 1460. The molecule has 9 heteroatoms. The Labute approximate surface area is 229 Å². The van der Waals surface area contributed by atoms with E-state index in [2.05, 4.69) is 21.8 Å². The number of nitrogens with zero attached hydrogens (tertiary/aromatic N) is 2. The molecule has 2 aliphatic heterocycles. The summed E-state index contributed by atoms with van der Waals surface area (Å²) >= 11 is 6.30. The number of halogens is 1. The Morgan fingerprint density at radius 2 is 1.61 bits per heavy atom. The summed E-state index contributed by atoms with van der Waals surface area (Å²) in [7, 11) is -3.77. The van der Waals surface area contributed by atoms with Crippen LogP contribution in [0.3, 0.4) is 0 Å². The number of hydrogen-bond donors (Lipinski definition) is 2. The molecule has 3 aromatic carbocycles. The van der Waals surface area contributed by atoms with Crippen molar-refractivity contribution in [1.82, 2.24) is 4.72 Å². The lowest BCUT2D eigenvalue weighted by molar-refractivity contribution is -0.132. The highest BCUT2D eigenvalue weighted by Crippen LogP contribution is 2.46. The van der Waals surface area contributed by atoms with E-state index in [0.717, 1.165) is 24.3 Å². The van der Waals surface area contributed by atoms with Crippen LogP contribution in [-0.2, 0) is 27.0 Å². The van der Waals surface area contributed by atoms with E-state index in [9.17, 15) is 18.3 Å². The number of nitrogens with one attached hydrogen (secondary N) is 1. The van der Waals surface area contributed by atoms with Gasteiger partial charge in [-0.25, -0.2) is 13.1 Å². The second-order valence-corrected chi connectivity index (χ2v) is 13.1. The number of rotatable bonds is 6. The molecule has 0 spiro atoms. The van der Waals surface area contributed by atoms with Gasteiger partial charge in [-0.2, -0.15) is 0 Å². The second-order valence-electron chi connectivity index (χ2n) is 11.0. The molecule has 200 valence electrons. The quantitative estimate of drug-likeness (QED) is 0.458. The maximum atomic E-state index is 13.8. The van der Waals surface area contributed by atoms with Crippen molar-refractivity contribution in [3.8, 4) is 0 Å². The van der Waals surface area contributed by atoms with E-state index < -0.39 is 27.1 Å². The molecule has 0 bridgehead atoms. The molecule has 2 heterocycles. The van der Waals surface area contributed by atoms with Crippen LogP contribution in [0.4, 0.5) is 11.4 Å². The molecule has 2 N–H and O–H groups in total. The molecular weight excluding hydrogens is 522 g/mol. The van der Waals surface area contributed by atoms with Gasteiger partial charge in [0.05, 0.1) is 17.1 Å². The van der Waals surface area contributed by atoms with Gasteiger partial charge in [-0.05, 0) is 81.1 Å². The van der Waals surface area contributed by atoms with Crippen LogP contribution in [0.25, 0.3) is 0 Å². The third kappa shape index (κ3) is 4.94. The van der Waals surface area contributed by atoms with Crippen LogP contribution in [0.15, 0.2) is 71.6 Å². The van der Waals surface area contributed by atoms with Crippen LogP contribution in [0.2, 0.25) is 5.02 Å². The smallest absolute Gasteiger partial charge is 0.268 e. The van der Waals surface area contributed by atoms with Crippen molar-refractivity contribution in [3.63, 3.8) is 0 Å². The minimum atomic E-state index is -3.77. The zero-order chi connectivity index (χ0) is 27.3. The molecular formula is C29H32ClN3O4S. The van der Waals surface area contributed by atoms with E-state index in [-0.39, 0.29) is 17.0 Å².